The number of carbonyl (C=O) groups is 3. The number of nitrogens with zero attached hydrogens (tertiary/aromatic N) is 1. The lowest BCUT2D eigenvalue weighted by Crippen LogP contribution is -2.43. The van der Waals surface area contributed by atoms with Crippen LogP contribution in [0.3, 0.4) is 0 Å². The predicted octanol–water partition coefficient (Wildman–Crippen LogP) is 2.70. The summed E-state index contributed by atoms with van der Waals surface area (Å²) >= 11 is 5.89. The van der Waals surface area contributed by atoms with Crippen LogP contribution in [0.1, 0.15) is 19.4 Å². The normalized spacial score (nSPS) is 18.0. The molecule has 2 aromatic rings. The number of ether oxygens (including phenoxy) is 2. The maximum Gasteiger partial charge on any atom is 0.325 e. The highest BCUT2D eigenvalue weighted by molar-refractivity contribution is 6.30. The van der Waals surface area contributed by atoms with Crippen molar-refractivity contribution in [3.05, 3.63) is 59.1 Å². The average molecular weight is 446 g/mol. The van der Waals surface area contributed by atoms with Gasteiger partial charge in [-0.05, 0) is 55.8 Å². The highest BCUT2D eigenvalue weighted by Crippen LogP contribution is 2.29. The van der Waals surface area contributed by atoms with Crippen LogP contribution in [0, 0.1) is 0 Å². The number of nitrogens with one attached hydrogen (secondary N) is 2. The van der Waals surface area contributed by atoms with Crippen molar-refractivity contribution in [1.29, 1.82) is 0 Å². The molecule has 0 bridgehead atoms. The molecule has 164 valence electrons. The zero-order chi connectivity index (χ0) is 22.4. The van der Waals surface area contributed by atoms with E-state index in [0.717, 1.165) is 10.6 Å². The van der Waals surface area contributed by atoms with Crippen LogP contribution in [0.2, 0.25) is 5.02 Å². The van der Waals surface area contributed by atoms with E-state index in [1.807, 2.05) is 6.92 Å². The van der Waals surface area contributed by atoms with Gasteiger partial charge in [-0.25, -0.2) is 4.79 Å². The summed E-state index contributed by atoms with van der Waals surface area (Å²) in [7, 11) is 0. The molecule has 31 heavy (non-hydrogen) atoms. The Morgan fingerprint density at radius 1 is 1.06 bits per heavy atom. The van der Waals surface area contributed by atoms with Gasteiger partial charge in [0.25, 0.3) is 5.91 Å². The molecular weight excluding hydrogens is 422 g/mol. The quantitative estimate of drug-likeness (QED) is 0.457. The summed E-state index contributed by atoms with van der Waals surface area (Å²) in [6, 6.07) is 13.1. The zero-order valence-electron chi connectivity index (χ0n) is 17.3. The molecule has 8 nitrogen and oxygen atoms in total. The third-order valence-electron chi connectivity index (χ3n) is 4.83. The van der Waals surface area contributed by atoms with Crippen LogP contribution in [0.5, 0.6) is 11.5 Å². The molecule has 1 heterocycles. The summed E-state index contributed by atoms with van der Waals surface area (Å²) < 4.78 is 10.9. The molecule has 1 aliphatic rings. The first-order valence-corrected chi connectivity index (χ1v) is 10.2. The van der Waals surface area contributed by atoms with Crippen LogP contribution in [-0.2, 0) is 15.1 Å². The molecule has 4 amide bonds. The monoisotopic (exact) mass is 445 g/mol. The Labute approximate surface area is 185 Å². The standard InChI is InChI=1S/C22H24ClN3O5/c1-3-30-17-8-10-18(11-9-17)31-13-12-24-19(27)14-26-20(28)22(2,25-21(26)29)15-4-6-16(23)7-5-15/h4-11H,3,12-14H2,1-2H3,(H,24,27)(H,25,29). The number of imide groups is 1. The summed E-state index contributed by atoms with van der Waals surface area (Å²) in [5, 5.41) is 5.82. The minimum atomic E-state index is -1.25. The molecule has 9 heteroatoms. The second-order valence-corrected chi connectivity index (χ2v) is 7.49. The molecule has 3 rings (SSSR count). The van der Waals surface area contributed by atoms with Gasteiger partial charge < -0.3 is 20.1 Å². The van der Waals surface area contributed by atoms with Crippen molar-refractivity contribution in [1.82, 2.24) is 15.5 Å². The number of benzene rings is 2. The largest absolute Gasteiger partial charge is 0.494 e. The Hall–Kier alpha value is -3.26. The van der Waals surface area contributed by atoms with Crippen LogP contribution in [0.4, 0.5) is 4.79 Å². The SMILES string of the molecule is CCOc1ccc(OCCNC(=O)CN2C(=O)NC(C)(c3ccc(Cl)cc3)C2=O)cc1. The van der Waals surface area contributed by atoms with E-state index in [9.17, 15) is 14.4 Å². The Balaban J connectivity index is 1.48. The van der Waals surface area contributed by atoms with Crippen LogP contribution in [0.25, 0.3) is 0 Å². The second kappa shape index (κ2) is 9.70. The van der Waals surface area contributed by atoms with Crippen LogP contribution >= 0.6 is 11.6 Å². The van der Waals surface area contributed by atoms with Crippen LogP contribution < -0.4 is 20.1 Å². The van der Waals surface area contributed by atoms with Crippen molar-refractivity contribution in [3.8, 4) is 11.5 Å². The Bertz CT molecular complexity index is 949. The molecule has 1 fully saturated rings. The summed E-state index contributed by atoms with van der Waals surface area (Å²) in [5.74, 6) is 0.438. The fraction of sp³-hybridized carbons (Fsp3) is 0.318. The number of halogens is 1. The summed E-state index contributed by atoms with van der Waals surface area (Å²) in [4.78, 5) is 38.3. The highest BCUT2D eigenvalue weighted by Gasteiger charge is 2.49. The maximum absolute atomic E-state index is 12.8. The van der Waals surface area contributed by atoms with E-state index in [1.165, 1.54) is 0 Å². The van der Waals surface area contributed by atoms with Crippen molar-refractivity contribution in [3.63, 3.8) is 0 Å². The van der Waals surface area contributed by atoms with Gasteiger partial charge in [-0.3, -0.25) is 14.5 Å². The van der Waals surface area contributed by atoms with E-state index in [0.29, 0.717) is 22.9 Å². The van der Waals surface area contributed by atoms with Crippen molar-refractivity contribution in [2.24, 2.45) is 0 Å². The van der Waals surface area contributed by atoms with E-state index in [4.69, 9.17) is 21.1 Å². The molecule has 0 aromatic heterocycles. The third kappa shape index (κ3) is 5.27. The van der Waals surface area contributed by atoms with Gasteiger partial charge in [-0.1, -0.05) is 23.7 Å². The number of hydrogen-bond donors (Lipinski definition) is 2. The van der Waals surface area contributed by atoms with E-state index >= 15 is 0 Å². The summed E-state index contributed by atoms with van der Waals surface area (Å²) in [6.07, 6.45) is 0. The van der Waals surface area contributed by atoms with Crippen molar-refractivity contribution in [2.45, 2.75) is 19.4 Å². The minimum absolute atomic E-state index is 0.226. The lowest BCUT2D eigenvalue weighted by Gasteiger charge is -2.22. The molecule has 0 saturated carbocycles. The second-order valence-electron chi connectivity index (χ2n) is 7.06. The highest BCUT2D eigenvalue weighted by atomic mass is 35.5. The van der Waals surface area contributed by atoms with Gasteiger partial charge in [-0.15, -0.1) is 0 Å². The lowest BCUT2D eigenvalue weighted by molar-refractivity contribution is -0.134. The van der Waals surface area contributed by atoms with Gasteiger partial charge in [0.1, 0.15) is 30.2 Å². The van der Waals surface area contributed by atoms with E-state index in [1.54, 1.807) is 55.5 Å². The number of carbonyl (C=O) groups excluding carboxylic acids is 3. The number of hydrogen-bond acceptors (Lipinski definition) is 5. The molecular formula is C22H24ClN3O5. The third-order valence-corrected chi connectivity index (χ3v) is 5.08. The fourth-order valence-electron chi connectivity index (χ4n) is 3.18. The Morgan fingerprint density at radius 3 is 2.29 bits per heavy atom. The first-order valence-electron chi connectivity index (χ1n) is 9.86. The first kappa shape index (κ1) is 22.4. The summed E-state index contributed by atoms with van der Waals surface area (Å²) in [6.45, 7) is 4.18. The van der Waals surface area contributed by atoms with Crippen molar-refractivity contribution >= 4 is 29.4 Å². The summed E-state index contributed by atoms with van der Waals surface area (Å²) in [5.41, 5.74) is -0.666. The van der Waals surface area contributed by atoms with Gasteiger partial charge in [0.05, 0.1) is 13.2 Å². The smallest absolute Gasteiger partial charge is 0.325 e. The van der Waals surface area contributed by atoms with E-state index in [2.05, 4.69) is 10.6 Å². The fourth-order valence-corrected chi connectivity index (χ4v) is 3.30. The molecule has 1 saturated heterocycles. The maximum atomic E-state index is 12.8. The van der Waals surface area contributed by atoms with Gasteiger partial charge in [-0.2, -0.15) is 0 Å². The topological polar surface area (TPSA) is 97.0 Å². The molecule has 1 unspecified atom stereocenters. The van der Waals surface area contributed by atoms with Gasteiger partial charge in [0.15, 0.2) is 0 Å². The molecule has 1 atom stereocenters. The average Bonchev–Trinajstić information content (AvgIpc) is 2.97. The molecule has 0 aliphatic carbocycles. The molecule has 1 aliphatic heterocycles. The lowest BCUT2D eigenvalue weighted by atomic mass is 9.92. The van der Waals surface area contributed by atoms with E-state index in [-0.39, 0.29) is 19.7 Å². The van der Waals surface area contributed by atoms with Crippen LogP contribution in [-0.4, -0.2) is 49.0 Å². The molecule has 0 radical (unpaired) electrons. The zero-order valence-corrected chi connectivity index (χ0v) is 18.1. The van der Waals surface area contributed by atoms with E-state index < -0.39 is 23.4 Å². The van der Waals surface area contributed by atoms with Gasteiger partial charge >= 0.3 is 6.03 Å². The number of amides is 4. The molecule has 2 N–H and O–H groups in total. The molecule has 0 spiro atoms. The Morgan fingerprint density at radius 2 is 1.68 bits per heavy atom. The molecule has 2 aromatic carbocycles. The predicted molar refractivity (Wildman–Crippen MR) is 115 cm³/mol. The number of rotatable bonds is 9. The van der Waals surface area contributed by atoms with Gasteiger partial charge in [0, 0.05) is 5.02 Å². The first-order chi connectivity index (χ1) is 14.8. The van der Waals surface area contributed by atoms with Crippen molar-refractivity contribution < 1.29 is 23.9 Å². The minimum Gasteiger partial charge on any atom is -0.494 e. The Kier molecular flexibility index (Phi) is 7.02. The van der Waals surface area contributed by atoms with Crippen molar-refractivity contribution in [2.75, 3.05) is 26.3 Å². The van der Waals surface area contributed by atoms with Gasteiger partial charge in [0.2, 0.25) is 5.91 Å². The van der Waals surface area contributed by atoms with Crippen LogP contribution in [0.15, 0.2) is 48.5 Å². The number of urea groups is 1.